The van der Waals surface area contributed by atoms with Crippen LogP contribution in [0.25, 0.3) is 11.4 Å². The minimum atomic E-state index is -0.556. The van der Waals surface area contributed by atoms with Crippen LogP contribution in [-0.4, -0.2) is 35.6 Å². The minimum Gasteiger partial charge on any atom is -0.492 e. The predicted molar refractivity (Wildman–Crippen MR) is 103 cm³/mol. The van der Waals surface area contributed by atoms with Crippen molar-refractivity contribution < 1.29 is 14.3 Å². The highest BCUT2D eigenvalue weighted by Crippen LogP contribution is 2.22. The molecule has 0 bridgehead atoms. The van der Waals surface area contributed by atoms with Gasteiger partial charge in [-0.2, -0.15) is 4.98 Å². The first-order valence-electron chi connectivity index (χ1n) is 6.78. The zero-order valence-corrected chi connectivity index (χ0v) is 16.0. The third-order valence-electron chi connectivity index (χ3n) is 2.69. The molecule has 0 radical (unpaired) electrons. The largest absolute Gasteiger partial charge is 0.492 e. The molecule has 0 saturated carbocycles. The van der Waals surface area contributed by atoms with Crippen molar-refractivity contribution in [3.05, 3.63) is 36.0 Å². The lowest BCUT2D eigenvalue weighted by atomic mass is 10.2. The van der Waals surface area contributed by atoms with E-state index in [2.05, 4.69) is 9.97 Å². The van der Waals surface area contributed by atoms with E-state index >= 15 is 0 Å². The van der Waals surface area contributed by atoms with E-state index in [1.54, 1.807) is 6.07 Å². The number of hydrogen-bond donors (Lipinski definition) is 2. The van der Waals surface area contributed by atoms with Crippen LogP contribution in [0.15, 0.2) is 30.3 Å². The highest BCUT2D eigenvalue weighted by Gasteiger charge is 2.07. The average molecular weight is 412 g/mol. The Morgan fingerprint density at radius 1 is 1.08 bits per heavy atom. The number of rotatable bonds is 7. The van der Waals surface area contributed by atoms with E-state index in [-0.39, 0.29) is 43.8 Å². The van der Waals surface area contributed by atoms with Gasteiger partial charge in [0, 0.05) is 23.9 Å². The first-order chi connectivity index (χ1) is 10.6. The maximum Gasteiger partial charge on any atom is 0.255 e. The zero-order chi connectivity index (χ0) is 15.9. The standard InChI is InChI=1S/C15H18N4O3.3ClH/c1-10-8-14(22-9-13(17)20)19-15(18-10)11-2-4-12(5-3-11)21-7-6-16;;;/h2-5,8H,6-7,9,16H2,1H3,(H2,17,20);3*1H. The van der Waals surface area contributed by atoms with Crippen molar-refractivity contribution in [2.45, 2.75) is 6.92 Å². The molecule has 0 fully saturated rings. The average Bonchev–Trinajstić information content (AvgIpc) is 2.51. The first kappa shape index (κ1) is 25.4. The van der Waals surface area contributed by atoms with Crippen LogP contribution in [0, 0.1) is 6.92 Å². The Labute approximate surface area is 164 Å². The topological polar surface area (TPSA) is 113 Å². The molecule has 0 spiro atoms. The summed E-state index contributed by atoms with van der Waals surface area (Å²) in [6.07, 6.45) is 0. The second-order valence-corrected chi connectivity index (χ2v) is 4.59. The molecule has 10 heteroatoms. The number of aryl methyl sites for hydroxylation is 1. The van der Waals surface area contributed by atoms with Gasteiger partial charge in [-0.3, -0.25) is 4.79 Å². The number of aromatic nitrogens is 2. The number of ether oxygens (including phenoxy) is 2. The molecule has 140 valence electrons. The van der Waals surface area contributed by atoms with Crippen molar-refractivity contribution in [2.24, 2.45) is 11.5 Å². The molecule has 1 heterocycles. The van der Waals surface area contributed by atoms with Crippen molar-refractivity contribution in [3.63, 3.8) is 0 Å². The van der Waals surface area contributed by atoms with Crippen LogP contribution in [0.4, 0.5) is 0 Å². The summed E-state index contributed by atoms with van der Waals surface area (Å²) < 4.78 is 10.6. The quantitative estimate of drug-likeness (QED) is 0.719. The maximum atomic E-state index is 10.8. The summed E-state index contributed by atoms with van der Waals surface area (Å²) in [4.78, 5) is 19.4. The summed E-state index contributed by atoms with van der Waals surface area (Å²) >= 11 is 0. The van der Waals surface area contributed by atoms with Gasteiger partial charge in [-0.1, -0.05) is 0 Å². The minimum absolute atomic E-state index is 0. The molecule has 4 N–H and O–H groups in total. The molecule has 0 aliphatic heterocycles. The maximum absolute atomic E-state index is 10.8. The smallest absolute Gasteiger partial charge is 0.255 e. The Hall–Kier alpha value is -1.80. The molecule has 0 aliphatic carbocycles. The number of nitrogens with two attached hydrogens (primary N) is 2. The Balaban J connectivity index is 0. The second kappa shape index (κ2) is 12.5. The lowest BCUT2D eigenvalue weighted by molar-refractivity contribution is -0.120. The fraction of sp³-hybridized carbons (Fsp3) is 0.267. The third kappa shape index (κ3) is 8.22. The summed E-state index contributed by atoms with van der Waals surface area (Å²) in [5.74, 6) is 0.987. The summed E-state index contributed by atoms with van der Waals surface area (Å²) in [6, 6.07) is 8.98. The molecule has 0 unspecified atom stereocenters. The van der Waals surface area contributed by atoms with Crippen molar-refractivity contribution in [1.82, 2.24) is 9.97 Å². The SMILES string of the molecule is Cc1cc(OCC(N)=O)nc(-c2ccc(OCCN)cc2)n1.Cl.Cl.Cl. The number of carbonyl (C=O) groups excluding carboxylic acids is 1. The summed E-state index contributed by atoms with van der Waals surface area (Å²) in [5, 5.41) is 0. The Bertz CT molecular complexity index is 657. The van der Waals surface area contributed by atoms with Crippen molar-refractivity contribution in [3.8, 4) is 23.0 Å². The van der Waals surface area contributed by atoms with Crippen LogP contribution in [0.5, 0.6) is 11.6 Å². The Morgan fingerprint density at radius 3 is 2.28 bits per heavy atom. The van der Waals surface area contributed by atoms with Crippen LogP contribution in [0.1, 0.15) is 5.69 Å². The van der Waals surface area contributed by atoms with Crippen LogP contribution >= 0.6 is 37.2 Å². The fourth-order valence-corrected chi connectivity index (χ4v) is 1.76. The number of halogens is 3. The lowest BCUT2D eigenvalue weighted by Gasteiger charge is -2.08. The lowest BCUT2D eigenvalue weighted by Crippen LogP contribution is -2.20. The van der Waals surface area contributed by atoms with E-state index < -0.39 is 5.91 Å². The van der Waals surface area contributed by atoms with Gasteiger partial charge in [0.2, 0.25) is 5.88 Å². The van der Waals surface area contributed by atoms with E-state index in [1.807, 2.05) is 31.2 Å². The van der Waals surface area contributed by atoms with Gasteiger partial charge in [0.05, 0.1) is 0 Å². The van der Waals surface area contributed by atoms with Crippen molar-refractivity contribution in [2.75, 3.05) is 19.8 Å². The van der Waals surface area contributed by atoms with Gasteiger partial charge in [0.25, 0.3) is 5.91 Å². The van der Waals surface area contributed by atoms with Crippen molar-refractivity contribution in [1.29, 1.82) is 0 Å². The number of benzene rings is 1. The molecule has 0 aliphatic rings. The predicted octanol–water partition coefficient (Wildman–Crippen LogP) is 1.92. The Kier molecular flexibility index (Phi) is 12.8. The van der Waals surface area contributed by atoms with Gasteiger partial charge in [-0.25, -0.2) is 4.98 Å². The van der Waals surface area contributed by atoms with Crippen LogP contribution < -0.4 is 20.9 Å². The molecule has 7 nitrogen and oxygen atoms in total. The van der Waals surface area contributed by atoms with E-state index in [9.17, 15) is 4.79 Å². The molecule has 0 atom stereocenters. The van der Waals surface area contributed by atoms with Gasteiger partial charge >= 0.3 is 0 Å². The number of hydrogen-bond acceptors (Lipinski definition) is 6. The molecule has 25 heavy (non-hydrogen) atoms. The van der Waals surface area contributed by atoms with E-state index in [0.717, 1.165) is 17.0 Å². The Morgan fingerprint density at radius 2 is 1.72 bits per heavy atom. The van der Waals surface area contributed by atoms with Gasteiger partial charge in [0.15, 0.2) is 12.4 Å². The summed E-state index contributed by atoms with van der Waals surface area (Å²) in [5.41, 5.74) is 12.0. The molecule has 1 amide bonds. The molecule has 1 aromatic carbocycles. The molecule has 2 rings (SSSR count). The fourth-order valence-electron chi connectivity index (χ4n) is 1.76. The second-order valence-electron chi connectivity index (χ2n) is 4.59. The molecule has 0 saturated heterocycles. The highest BCUT2D eigenvalue weighted by atomic mass is 35.5. The zero-order valence-electron chi connectivity index (χ0n) is 13.5. The normalized spacial score (nSPS) is 9.04. The third-order valence-corrected chi connectivity index (χ3v) is 2.69. The van der Waals surface area contributed by atoms with Crippen LogP contribution in [0.3, 0.4) is 0 Å². The van der Waals surface area contributed by atoms with Gasteiger partial charge in [-0.05, 0) is 31.2 Å². The van der Waals surface area contributed by atoms with E-state index in [0.29, 0.717) is 24.9 Å². The molecule has 2 aromatic rings. The van der Waals surface area contributed by atoms with Crippen LogP contribution in [0.2, 0.25) is 0 Å². The van der Waals surface area contributed by atoms with Crippen LogP contribution in [-0.2, 0) is 4.79 Å². The van der Waals surface area contributed by atoms with Gasteiger partial charge < -0.3 is 20.9 Å². The van der Waals surface area contributed by atoms with E-state index in [4.69, 9.17) is 20.9 Å². The highest BCUT2D eigenvalue weighted by molar-refractivity contribution is 5.86. The molecular formula is C15H21Cl3N4O3. The van der Waals surface area contributed by atoms with Gasteiger partial charge in [-0.15, -0.1) is 37.2 Å². The number of primary amides is 1. The molecule has 1 aromatic heterocycles. The summed E-state index contributed by atoms with van der Waals surface area (Å²) in [6.45, 7) is 2.53. The number of carbonyl (C=O) groups is 1. The number of amides is 1. The van der Waals surface area contributed by atoms with Gasteiger partial charge in [0.1, 0.15) is 12.4 Å². The molecular weight excluding hydrogens is 391 g/mol. The van der Waals surface area contributed by atoms with E-state index in [1.165, 1.54) is 0 Å². The first-order valence-corrected chi connectivity index (χ1v) is 6.78. The number of nitrogens with zero attached hydrogens (tertiary/aromatic N) is 2. The monoisotopic (exact) mass is 410 g/mol. The van der Waals surface area contributed by atoms with Crippen molar-refractivity contribution >= 4 is 43.1 Å². The summed E-state index contributed by atoms with van der Waals surface area (Å²) in [7, 11) is 0.